The van der Waals surface area contributed by atoms with E-state index in [1.54, 1.807) is 6.07 Å². The van der Waals surface area contributed by atoms with Gasteiger partial charge < -0.3 is 20.1 Å². The highest BCUT2D eigenvalue weighted by molar-refractivity contribution is 6.33. The highest BCUT2D eigenvalue weighted by Crippen LogP contribution is 2.23. The summed E-state index contributed by atoms with van der Waals surface area (Å²) in [6, 6.07) is 12.1. The number of esters is 1. The van der Waals surface area contributed by atoms with E-state index in [1.807, 2.05) is 38.1 Å². The summed E-state index contributed by atoms with van der Waals surface area (Å²) >= 11 is 6.07. The van der Waals surface area contributed by atoms with E-state index in [4.69, 9.17) is 16.3 Å². The van der Waals surface area contributed by atoms with Gasteiger partial charge in [-0.3, -0.25) is 4.79 Å². The number of rotatable bonds is 8. The molecule has 2 rings (SSSR count). The van der Waals surface area contributed by atoms with Gasteiger partial charge in [-0.15, -0.1) is 0 Å². The van der Waals surface area contributed by atoms with E-state index in [9.17, 15) is 9.59 Å². The van der Waals surface area contributed by atoms with Crippen LogP contribution in [-0.2, 0) is 9.53 Å². The van der Waals surface area contributed by atoms with Crippen LogP contribution in [0.15, 0.2) is 42.5 Å². The van der Waals surface area contributed by atoms with Gasteiger partial charge in [0.25, 0.3) is 0 Å². The van der Waals surface area contributed by atoms with Crippen molar-refractivity contribution in [1.29, 1.82) is 0 Å². The number of nitrogens with one attached hydrogen (secondary N) is 2. The van der Waals surface area contributed by atoms with Gasteiger partial charge in [-0.05, 0) is 56.3 Å². The van der Waals surface area contributed by atoms with E-state index in [0.717, 1.165) is 11.4 Å². The summed E-state index contributed by atoms with van der Waals surface area (Å²) in [5.74, 6) is 0.0910. The van der Waals surface area contributed by atoms with Gasteiger partial charge in [0, 0.05) is 18.7 Å². The first kappa shape index (κ1) is 20.6. The predicted molar refractivity (Wildman–Crippen MR) is 107 cm³/mol. The Bertz CT molecular complexity index is 791. The Balaban J connectivity index is 1.85. The first-order chi connectivity index (χ1) is 12.9. The van der Waals surface area contributed by atoms with Gasteiger partial charge >= 0.3 is 5.97 Å². The molecule has 0 bridgehead atoms. The second-order valence-electron chi connectivity index (χ2n) is 6.10. The summed E-state index contributed by atoms with van der Waals surface area (Å²) in [4.78, 5) is 23.7. The molecule has 0 aliphatic heterocycles. The van der Waals surface area contributed by atoms with Crippen molar-refractivity contribution in [3.63, 3.8) is 0 Å². The zero-order valence-corrected chi connectivity index (χ0v) is 16.3. The van der Waals surface area contributed by atoms with E-state index >= 15 is 0 Å². The summed E-state index contributed by atoms with van der Waals surface area (Å²) in [6.45, 7) is 4.39. The van der Waals surface area contributed by atoms with Crippen LogP contribution in [0.5, 0.6) is 5.75 Å². The van der Waals surface area contributed by atoms with Crippen LogP contribution >= 0.6 is 11.6 Å². The molecule has 0 heterocycles. The lowest BCUT2D eigenvalue weighted by molar-refractivity contribution is -0.115. The van der Waals surface area contributed by atoms with Gasteiger partial charge in [0.2, 0.25) is 5.91 Å². The van der Waals surface area contributed by atoms with Gasteiger partial charge in [0.15, 0.2) is 0 Å². The molecule has 0 spiro atoms. The fourth-order valence-electron chi connectivity index (χ4n) is 2.32. The lowest BCUT2D eigenvalue weighted by Crippen LogP contribution is -2.17. The second-order valence-corrected chi connectivity index (χ2v) is 6.51. The molecule has 7 heteroatoms. The van der Waals surface area contributed by atoms with Crippen molar-refractivity contribution in [3.8, 4) is 5.75 Å². The molecule has 0 aliphatic rings. The number of ether oxygens (including phenoxy) is 2. The number of amides is 1. The summed E-state index contributed by atoms with van der Waals surface area (Å²) in [5.41, 5.74) is 1.59. The van der Waals surface area contributed by atoms with Gasteiger partial charge in [-0.1, -0.05) is 11.6 Å². The summed E-state index contributed by atoms with van der Waals surface area (Å²) in [6.07, 6.45) is 0.361. The number of methoxy groups -OCH3 is 1. The number of hydrogen-bond donors (Lipinski definition) is 2. The normalized spacial score (nSPS) is 10.4. The first-order valence-electron chi connectivity index (χ1n) is 8.57. The highest BCUT2D eigenvalue weighted by Gasteiger charge is 2.11. The minimum atomic E-state index is -0.492. The van der Waals surface area contributed by atoms with E-state index in [1.165, 1.54) is 19.2 Å². The van der Waals surface area contributed by atoms with Crippen LogP contribution < -0.4 is 15.4 Å². The molecule has 0 aromatic heterocycles. The third-order valence-corrected chi connectivity index (χ3v) is 3.90. The number of hydrogen-bond acceptors (Lipinski definition) is 5. The monoisotopic (exact) mass is 390 g/mol. The van der Waals surface area contributed by atoms with E-state index in [-0.39, 0.29) is 18.4 Å². The van der Waals surface area contributed by atoms with Crippen molar-refractivity contribution >= 4 is 34.9 Å². The molecule has 0 aliphatic carbocycles. The number of anilines is 2. The topological polar surface area (TPSA) is 76.7 Å². The molecule has 6 nitrogen and oxygen atoms in total. The van der Waals surface area contributed by atoms with Gasteiger partial charge in [0.05, 0.1) is 29.5 Å². The standard InChI is InChI=1S/C20H23ClN2O4/c1-13(2)27-16-7-5-15(6-8-16)22-11-10-19(24)23-18-12-14(20(25)26-3)4-9-17(18)21/h4-9,12-13,22H,10-11H2,1-3H3,(H,23,24). The fraction of sp³-hybridized carbons (Fsp3) is 0.300. The fourth-order valence-corrected chi connectivity index (χ4v) is 2.49. The Morgan fingerprint density at radius 1 is 1.11 bits per heavy atom. The van der Waals surface area contributed by atoms with Crippen molar-refractivity contribution in [3.05, 3.63) is 53.1 Å². The SMILES string of the molecule is COC(=O)c1ccc(Cl)c(NC(=O)CCNc2ccc(OC(C)C)cc2)c1. The number of carbonyl (C=O) groups excluding carboxylic acids is 2. The maximum absolute atomic E-state index is 12.1. The van der Waals surface area contributed by atoms with Gasteiger partial charge in [0.1, 0.15) is 5.75 Å². The van der Waals surface area contributed by atoms with Crippen LogP contribution in [0.3, 0.4) is 0 Å². The quantitative estimate of drug-likeness (QED) is 0.655. The van der Waals surface area contributed by atoms with Crippen molar-refractivity contribution in [1.82, 2.24) is 0 Å². The van der Waals surface area contributed by atoms with Crippen molar-refractivity contribution in [2.24, 2.45) is 0 Å². The van der Waals surface area contributed by atoms with Crippen molar-refractivity contribution in [2.75, 3.05) is 24.3 Å². The molecular weight excluding hydrogens is 368 g/mol. The Morgan fingerprint density at radius 2 is 1.81 bits per heavy atom. The molecule has 144 valence electrons. The largest absolute Gasteiger partial charge is 0.491 e. The zero-order chi connectivity index (χ0) is 19.8. The molecule has 0 saturated heterocycles. The average Bonchev–Trinajstić information content (AvgIpc) is 2.64. The number of benzene rings is 2. The molecule has 0 saturated carbocycles. The first-order valence-corrected chi connectivity index (χ1v) is 8.95. The van der Waals surface area contributed by atoms with Gasteiger partial charge in [-0.25, -0.2) is 4.79 Å². The maximum atomic E-state index is 12.1. The molecule has 2 aromatic rings. The smallest absolute Gasteiger partial charge is 0.337 e. The molecule has 1 amide bonds. The highest BCUT2D eigenvalue weighted by atomic mass is 35.5. The molecule has 0 unspecified atom stereocenters. The summed E-state index contributed by atoms with van der Waals surface area (Å²) < 4.78 is 10.3. The molecule has 2 aromatic carbocycles. The lowest BCUT2D eigenvalue weighted by atomic mass is 10.2. The average molecular weight is 391 g/mol. The molecule has 2 N–H and O–H groups in total. The van der Waals surface area contributed by atoms with Crippen LogP contribution in [0, 0.1) is 0 Å². The number of carbonyl (C=O) groups is 2. The minimum Gasteiger partial charge on any atom is -0.491 e. The Kier molecular flexibility index (Phi) is 7.49. The lowest BCUT2D eigenvalue weighted by Gasteiger charge is -2.12. The van der Waals surface area contributed by atoms with Crippen LogP contribution in [-0.4, -0.2) is 31.6 Å². The van der Waals surface area contributed by atoms with Crippen LogP contribution in [0.2, 0.25) is 5.02 Å². The zero-order valence-electron chi connectivity index (χ0n) is 15.5. The predicted octanol–water partition coefficient (Wildman–Crippen LogP) is 4.35. The van der Waals surface area contributed by atoms with Crippen LogP contribution in [0.1, 0.15) is 30.6 Å². The summed E-state index contributed by atoms with van der Waals surface area (Å²) in [7, 11) is 1.29. The molecule has 0 atom stereocenters. The maximum Gasteiger partial charge on any atom is 0.337 e. The van der Waals surface area contributed by atoms with Crippen LogP contribution in [0.25, 0.3) is 0 Å². The molecular formula is C20H23ClN2O4. The van der Waals surface area contributed by atoms with E-state index in [0.29, 0.717) is 22.8 Å². The van der Waals surface area contributed by atoms with E-state index < -0.39 is 5.97 Å². The minimum absolute atomic E-state index is 0.122. The van der Waals surface area contributed by atoms with E-state index in [2.05, 4.69) is 15.4 Å². The third-order valence-electron chi connectivity index (χ3n) is 3.57. The van der Waals surface area contributed by atoms with Gasteiger partial charge in [-0.2, -0.15) is 0 Å². The van der Waals surface area contributed by atoms with Crippen molar-refractivity contribution < 1.29 is 19.1 Å². The molecule has 0 radical (unpaired) electrons. The third kappa shape index (κ3) is 6.49. The number of halogens is 1. The van der Waals surface area contributed by atoms with Crippen LogP contribution in [0.4, 0.5) is 11.4 Å². The Hall–Kier alpha value is -2.73. The molecule has 0 fully saturated rings. The van der Waals surface area contributed by atoms with Crippen molar-refractivity contribution in [2.45, 2.75) is 26.4 Å². The second kappa shape index (κ2) is 9.83. The summed E-state index contributed by atoms with van der Waals surface area (Å²) in [5, 5.41) is 6.23. The molecule has 27 heavy (non-hydrogen) atoms. The Morgan fingerprint density at radius 3 is 2.44 bits per heavy atom. The Labute approximate surface area is 163 Å².